The average molecular weight is 515 g/mol. The number of allylic oxidation sites excluding steroid dienone is 1. The van der Waals surface area contributed by atoms with E-state index >= 15 is 0 Å². The van der Waals surface area contributed by atoms with E-state index < -0.39 is 5.92 Å². The third kappa shape index (κ3) is 6.27. The highest BCUT2D eigenvalue weighted by Gasteiger charge is 2.28. The van der Waals surface area contributed by atoms with Gasteiger partial charge in [-0.1, -0.05) is 56.0 Å². The fourth-order valence-electron chi connectivity index (χ4n) is 4.30. The predicted molar refractivity (Wildman–Crippen MR) is 149 cm³/mol. The number of fused-ring (bicyclic) bond motifs is 1. The summed E-state index contributed by atoms with van der Waals surface area (Å²) >= 11 is 0. The number of carbonyl (C=O) groups excluding carboxylic acids is 1. The van der Waals surface area contributed by atoms with Crippen molar-refractivity contribution in [2.24, 2.45) is 0 Å². The van der Waals surface area contributed by atoms with Crippen LogP contribution in [0.15, 0.2) is 54.7 Å². The molecule has 38 heavy (non-hydrogen) atoms. The molecule has 0 spiro atoms. The summed E-state index contributed by atoms with van der Waals surface area (Å²) in [5.41, 5.74) is 4.08. The van der Waals surface area contributed by atoms with E-state index in [2.05, 4.69) is 27.2 Å². The van der Waals surface area contributed by atoms with Gasteiger partial charge in [-0.25, -0.2) is 13.5 Å². The van der Waals surface area contributed by atoms with Crippen molar-refractivity contribution in [3.8, 4) is 11.8 Å². The Morgan fingerprint density at radius 2 is 1.92 bits per heavy atom. The highest BCUT2D eigenvalue weighted by molar-refractivity contribution is 6.07. The number of carbonyl (C=O) groups is 1. The Labute approximate surface area is 222 Å². The van der Waals surface area contributed by atoms with Gasteiger partial charge in [0, 0.05) is 42.9 Å². The Hall–Kier alpha value is -4.02. The van der Waals surface area contributed by atoms with Crippen LogP contribution in [0.3, 0.4) is 0 Å². The SMILES string of the molecule is CCN(CC)Cc1ccc(/C=C/C(=O)c2ccc(C)c(C#Cc3cnn4c3NCC=C4)c2)cc1C(C)(F)F. The van der Waals surface area contributed by atoms with Gasteiger partial charge in [0.15, 0.2) is 5.78 Å². The van der Waals surface area contributed by atoms with Gasteiger partial charge in [0.1, 0.15) is 5.82 Å². The highest BCUT2D eigenvalue weighted by Crippen LogP contribution is 2.32. The molecule has 2 heterocycles. The molecule has 2 aromatic carbocycles. The van der Waals surface area contributed by atoms with Gasteiger partial charge in [0.2, 0.25) is 0 Å². The molecule has 196 valence electrons. The quantitative estimate of drug-likeness (QED) is 0.217. The normalized spacial score (nSPS) is 12.8. The van der Waals surface area contributed by atoms with Gasteiger partial charge in [0.25, 0.3) is 5.92 Å². The Bertz CT molecular complexity index is 1450. The number of anilines is 1. The maximum atomic E-state index is 14.4. The van der Waals surface area contributed by atoms with Crippen molar-refractivity contribution >= 4 is 23.9 Å². The van der Waals surface area contributed by atoms with Crippen LogP contribution in [-0.4, -0.2) is 40.1 Å². The molecule has 0 atom stereocenters. The molecule has 0 radical (unpaired) electrons. The van der Waals surface area contributed by atoms with Gasteiger partial charge in [0.05, 0.1) is 11.8 Å². The first-order chi connectivity index (χ1) is 18.2. The van der Waals surface area contributed by atoms with Crippen LogP contribution in [0.5, 0.6) is 0 Å². The molecule has 1 aliphatic heterocycles. The minimum absolute atomic E-state index is 0.0146. The van der Waals surface area contributed by atoms with E-state index in [9.17, 15) is 13.6 Å². The highest BCUT2D eigenvalue weighted by atomic mass is 19.3. The van der Waals surface area contributed by atoms with Gasteiger partial charge >= 0.3 is 0 Å². The minimum Gasteiger partial charge on any atom is -0.365 e. The number of ketones is 1. The van der Waals surface area contributed by atoms with Crippen molar-refractivity contribution in [2.75, 3.05) is 25.0 Å². The molecule has 0 fully saturated rings. The molecule has 0 bridgehead atoms. The molecule has 1 aromatic heterocycles. The van der Waals surface area contributed by atoms with Crippen LogP contribution in [-0.2, 0) is 12.5 Å². The first-order valence-corrected chi connectivity index (χ1v) is 12.8. The van der Waals surface area contributed by atoms with Crippen LogP contribution in [0.25, 0.3) is 12.3 Å². The molecule has 5 nitrogen and oxygen atoms in total. The smallest absolute Gasteiger partial charge is 0.270 e. The third-order valence-corrected chi connectivity index (χ3v) is 6.61. The van der Waals surface area contributed by atoms with E-state index in [0.717, 1.165) is 42.5 Å². The van der Waals surface area contributed by atoms with Crippen LogP contribution < -0.4 is 5.32 Å². The number of nitrogens with zero attached hydrogens (tertiary/aromatic N) is 3. The van der Waals surface area contributed by atoms with Crippen molar-refractivity contribution in [3.63, 3.8) is 0 Å². The van der Waals surface area contributed by atoms with Crippen LogP contribution >= 0.6 is 0 Å². The average Bonchev–Trinajstić information content (AvgIpc) is 3.32. The van der Waals surface area contributed by atoms with Crippen molar-refractivity contribution in [3.05, 3.63) is 93.7 Å². The number of halogens is 2. The van der Waals surface area contributed by atoms with E-state index in [1.807, 2.05) is 39.1 Å². The summed E-state index contributed by atoms with van der Waals surface area (Å²) in [5.74, 6) is 3.94. The zero-order chi connectivity index (χ0) is 27.3. The van der Waals surface area contributed by atoms with E-state index in [0.29, 0.717) is 29.8 Å². The zero-order valence-corrected chi connectivity index (χ0v) is 22.2. The van der Waals surface area contributed by atoms with E-state index in [1.165, 1.54) is 12.1 Å². The lowest BCUT2D eigenvalue weighted by molar-refractivity contribution is 0.0158. The number of aryl methyl sites for hydroxylation is 1. The van der Waals surface area contributed by atoms with E-state index in [4.69, 9.17) is 0 Å². The molecular weight excluding hydrogens is 482 g/mol. The van der Waals surface area contributed by atoms with E-state index in [-0.39, 0.29) is 11.3 Å². The Morgan fingerprint density at radius 3 is 2.66 bits per heavy atom. The molecule has 7 heteroatoms. The molecule has 1 aliphatic rings. The Kier molecular flexibility index (Phi) is 8.23. The van der Waals surface area contributed by atoms with Gasteiger partial charge in [-0.15, -0.1) is 0 Å². The number of nitrogens with one attached hydrogen (secondary N) is 1. The van der Waals surface area contributed by atoms with Crippen LogP contribution in [0.4, 0.5) is 14.6 Å². The number of hydrogen-bond acceptors (Lipinski definition) is 4. The molecule has 0 amide bonds. The zero-order valence-electron chi connectivity index (χ0n) is 22.2. The lowest BCUT2D eigenvalue weighted by Crippen LogP contribution is -2.24. The number of alkyl halides is 2. The fourth-order valence-corrected chi connectivity index (χ4v) is 4.30. The first kappa shape index (κ1) is 27.0. The maximum Gasteiger partial charge on any atom is 0.270 e. The predicted octanol–water partition coefficient (Wildman–Crippen LogP) is 6.34. The number of benzene rings is 2. The molecule has 4 rings (SSSR count). The molecule has 0 saturated heterocycles. The van der Waals surface area contributed by atoms with Crippen LogP contribution in [0.1, 0.15) is 64.5 Å². The Morgan fingerprint density at radius 1 is 1.16 bits per heavy atom. The summed E-state index contributed by atoms with van der Waals surface area (Å²) in [6.45, 7) is 9.61. The van der Waals surface area contributed by atoms with E-state index in [1.54, 1.807) is 41.2 Å². The van der Waals surface area contributed by atoms with Gasteiger partial charge in [-0.2, -0.15) is 5.10 Å². The van der Waals surface area contributed by atoms with Gasteiger partial charge in [-0.3, -0.25) is 9.69 Å². The minimum atomic E-state index is -2.98. The second kappa shape index (κ2) is 11.6. The summed E-state index contributed by atoms with van der Waals surface area (Å²) in [6, 6.07) is 10.4. The molecule has 0 unspecified atom stereocenters. The van der Waals surface area contributed by atoms with Crippen molar-refractivity contribution < 1.29 is 13.6 Å². The monoisotopic (exact) mass is 514 g/mol. The third-order valence-electron chi connectivity index (χ3n) is 6.61. The van der Waals surface area contributed by atoms with Crippen LogP contribution in [0, 0.1) is 18.8 Å². The first-order valence-electron chi connectivity index (χ1n) is 12.8. The molecule has 0 aliphatic carbocycles. The lowest BCUT2D eigenvalue weighted by Gasteiger charge is -2.22. The fraction of sp³-hybridized carbons (Fsp3) is 0.290. The summed E-state index contributed by atoms with van der Waals surface area (Å²) in [6.07, 6.45) is 8.57. The largest absolute Gasteiger partial charge is 0.365 e. The second-order valence-electron chi connectivity index (χ2n) is 9.36. The lowest BCUT2D eigenvalue weighted by atomic mass is 9.98. The van der Waals surface area contributed by atoms with Crippen molar-refractivity contribution in [1.82, 2.24) is 14.7 Å². The van der Waals surface area contributed by atoms with Gasteiger partial charge in [-0.05, 0) is 61.0 Å². The summed E-state index contributed by atoms with van der Waals surface area (Å²) in [4.78, 5) is 15.1. The van der Waals surface area contributed by atoms with Crippen molar-refractivity contribution in [1.29, 1.82) is 0 Å². The molecule has 3 aromatic rings. The van der Waals surface area contributed by atoms with Gasteiger partial charge < -0.3 is 5.32 Å². The summed E-state index contributed by atoms with van der Waals surface area (Å²) < 4.78 is 30.6. The maximum absolute atomic E-state index is 14.4. The Balaban J connectivity index is 1.55. The topological polar surface area (TPSA) is 50.2 Å². The number of hydrogen-bond donors (Lipinski definition) is 1. The second-order valence-corrected chi connectivity index (χ2v) is 9.36. The van der Waals surface area contributed by atoms with Crippen molar-refractivity contribution in [2.45, 2.75) is 40.2 Å². The molecule has 0 saturated carbocycles. The number of rotatable bonds is 8. The molecular formula is C31H32F2N4O. The summed E-state index contributed by atoms with van der Waals surface area (Å²) in [7, 11) is 0. The number of aromatic nitrogens is 2. The summed E-state index contributed by atoms with van der Waals surface area (Å²) in [5, 5.41) is 7.55. The molecule has 1 N–H and O–H groups in total. The standard InChI is InChI=1S/C31H32F2N4O/c1-5-36(6-2)21-27-12-9-23(18-28(27)31(4,32)33)10-15-29(38)25-11-8-22(3)24(19-25)13-14-26-20-35-37-17-7-16-34-30(26)37/h7-12,15,17-20,34H,5-6,16,21H2,1-4H3/b15-10+. The van der Waals surface area contributed by atoms with Crippen LogP contribution in [0.2, 0.25) is 0 Å².